The first kappa shape index (κ1) is 14.9. The minimum Gasteiger partial charge on any atom is -0.336 e. The molecule has 0 bridgehead atoms. The van der Waals surface area contributed by atoms with Crippen molar-refractivity contribution in [2.24, 2.45) is 11.8 Å². The molecule has 1 saturated carbocycles. The predicted octanol–water partition coefficient (Wildman–Crippen LogP) is 3.30. The van der Waals surface area contributed by atoms with Gasteiger partial charge in [-0.05, 0) is 31.6 Å². The van der Waals surface area contributed by atoms with Crippen molar-refractivity contribution in [3.8, 4) is 0 Å². The number of halogens is 3. The molecule has 0 atom stereocenters. The van der Waals surface area contributed by atoms with E-state index in [4.69, 9.17) is 0 Å². The minimum atomic E-state index is -2.44. The van der Waals surface area contributed by atoms with Crippen LogP contribution in [-0.4, -0.2) is 35.7 Å². The van der Waals surface area contributed by atoms with E-state index >= 15 is 0 Å². The zero-order chi connectivity index (χ0) is 12.8. The zero-order valence-corrected chi connectivity index (χ0v) is 11.8. The summed E-state index contributed by atoms with van der Waals surface area (Å²) in [4.78, 5) is 13.4. The summed E-state index contributed by atoms with van der Waals surface area (Å²) in [6.07, 6.45) is 1.32. The van der Waals surface area contributed by atoms with Crippen molar-refractivity contribution in [2.75, 3.05) is 18.4 Å². The summed E-state index contributed by atoms with van der Waals surface area (Å²) in [6, 6.07) is 0. The fourth-order valence-electron chi connectivity index (χ4n) is 2.33. The van der Waals surface area contributed by atoms with Gasteiger partial charge in [0.1, 0.15) is 0 Å². The molecule has 0 unspecified atom stereocenters. The molecule has 0 aromatic carbocycles. The topological polar surface area (TPSA) is 20.3 Å². The van der Waals surface area contributed by atoms with Gasteiger partial charge in [-0.3, -0.25) is 4.79 Å². The summed E-state index contributed by atoms with van der Waals surface area (Å²) >= 11 is 3.20. The monoisotopic (exact) mass is 311 g/mol. The lowest BCUT2D eigenvalue weighted by Crippen LogP contribution is -2.41. The van der Waals surface area contributed by atoms with Gasteiger partial charge in [0, 0.05) is 17.8 Å². The van der Waals surface area contributed by atoms with E-state index in [1.54, 1.807) is 0 Å². The van der Waals surface area contributed by atoms with Crippen LogP contribution in [-0.2, 0) is 4.79 Å². The Bertz CT molecular complexity index is 243. The standard InChI is InChI=1S/C12H20BrF2NO/c1-9-2-4-10(5-3-9)12(17)16(7-6-13)8-11(14)15/h9-11H,2-8H2,1H3. The van der Waals surface area contributed by atoms with Gasteiger partial charge >= 0.3 is 0 Å². The molecule has 2 nitrogen and oxygen atoms in total. The second kappa shape index (κ2) is 7.29. The normalized spacial score (nSPS) is 25.0. The van der Waals surface area contributed by atoms with Gasteiger partial charge in [0.05, 0.1) is 6.54 Å². The summed E-state index contributed by atoms with van der Waals surface area (Å²) in [6.45, 7) is 2.11. The number of nitrogens with zero attached hydrogens (tertiary/aromatic N) is 1. The van der Waals surface area contributed by atoms with E-state index < -0.39 is 13.0 Å². The highest BCUT2D eigenvalue weighted by Crippen LogP contribution is 2.29. The molecule has 1 amide bonds. The molecule has 0 aromatic rings. The summed E-state index contributed by atoms with van der Waals surface area (Å²) in [5, 5.41) is 0.550. The van der Waals surface area contributed by atoms with Crippen molar-refractivity contribution >= 4 is 21.8 Å². The molecule has 1 aliphatic carbocycles. The second-order valence-electron chi connectivity index (χ2n) is 4.82. The van der Waals surface area contributed by atoms with Crippen molar-refractivity contribution < 1.29 is 13.6 Å². The predicted molar refractivity (Wildman–Crippen MR) is 67.5 cm³/mol. The largest absolute Gasteiger partial charge is 0.336 e. The average Bonchev–Trinajstić information content (AvgIpc) is 2.28. The first-order chi connectivity index (χ1) is 8.04. The lowest BCUT2D eigenvalue weighted by Gasteiger charge is -2.30. The van der Waals surface area contributed by atoms with Gasteiger partial charge in [0.25, 0.3) is 6.43 Å². The molecular formula is C12H20BrF2NO. The molecular weight excluding hydrogens is 292 g/mol. The maximum absolute atomic E-state index is 12.4. The number of amides is 1. The van der Waals surface area contributed by atoms with E-state index in [-0.39, 0.29) is 11.8 Å². The molecule has 0 N–H and O–H groups in total. The quantitative estimate of drug-likeness (QED) is 0.713. The lowest BCUT2D eigenvalue weighted by atomic mass is 9.82. The van der Waals surface area contributed by atoms with E-state index in [1.165, 1.54) is 4.90 Å². The first-order valence-electron chi connectivity index (χ1n) is 6.17. The number of hydrogen-bond acceptors (Lipinski definition) is 1. The molecule has 1 fully saturated rings. The molecule has 0 radical (unpaired) electrons. The Balaban J connectivity index is 2.51. The van der Waals surface area contributed by atoms with Gasteiger partial charge in [-0.1, -0.05) is 22.9 Å². The minimum absolute atomic E-state index is 0.0380. The molecule has 0 aliphatic heterocycles. The maximum atomic E-state index is 12.4. The molecule has 0 spiro atoms. The lowest BCUT2D eigenvalue weighted by molar-refractivity contribution is -0.138. The zero-order valence-electron chi connectivity index (χ0n) is 10.2. The number of carbonyl (C=O) groups is 1. The van der Waals surface area contributed by atoms with Crippen LogP contribution in [0.4, 0.5) is 8.78 Å². The van der Waals surface area contributed by atoms with Crippen LogP contribution in [0.3, 0.4) is 0 Å². The molecule has 100 valence electrons. The fourth-order valence-corrected chi connectivity index (χ4v) is 2.75. The summed E-state index contributed by atoms with van der Waals surface area (Å²) in [5.41, 5.74) is 0. The van der Waals surface area contributed by atoms with Crippen molar-refractivity contribution in [3.05, 3.63) is 0 Å². The Hall–Kier alpha value is -0.190. The molecule has 0 saturated heterocycles. The van der Waals surface area contributed by atoms with Crippen LogP contribution in [0.15, 0.2) is 0 Å². The molecule has 0 aromatic heterocycles. The van der Waals surface area contributed by atoms with Crippen molar-refractivity contribution in [3.63, 3.8) is 0 Å². The third kappa shape index (κ3) is 4.90. The maximum Gasteiger partial charge on any atom is 0.255 e. The van der Waals surface area contributed by atoms with E-state index in [1.807, 2.05) is 0 Å². The SMILES string of the molecule is CC1CCC(C(=O)N(CCBr)CC(F)F)CC1. The van der Waals surface area contributed by atoms with Crippen molar-refractivity contribution in [1.29, 1.82) is 0 Å². The van der Waals surface area contributed by atoms with Crippen LogP contribution in [0.1, 0.15) is 32.6 Å². The Kier molecular flexibility index (Phi) is 6.38. The highest BCUT2D eigenvalue weighted by Gasteiger charge is 2.28. The molecule has 17 heavy (non-hydrogen) atoms. The van der Waals surface area contributed by atoms with Crippen LogP contribution in [0.25, 0.3) is 0 Å². The van der Waals surface area contributed by atoms with Gasteiger partial charge in [-0.2, -0.15) is 0 Å². The summed E-state index contributed by atoms with van der Waals surface area (Å²) in [5.74, 6) is 0.541. The Morgan fingerprint density at radius 3 is 2.41 bits per heavy atom. The Morgan fingerprint density at radius 1 is 1.35 bits per heavy atom. The third-order valence-corrected chi connectivity index (χ3v) is 3.74. The van der Waals surface area contributed by atoms with Gasteiger partial charge in [-0.25, -0.2) is 8.78 Å². The van der Waals surface area contributed by atoms with Crippen LogP contribution in [0.5, 0.6) is 0 Å². The fraction of sp³-hybridized carbons (Fsp3) is 0.917. The van der Waals surface area contributed by atoms with Crippen LogP contribution in [0.2, 0.25) is 0 Å². The van der Waals surface area contributed by atoms with Gasteiger partial charge in [-0.15, -0.1) is 0 Å². The van der Waals surface area contributed by atoms with E-state index in [0.29, 0.717) is 17.8 Å². The number of rotatable bonds is 5. The molecule has 5 heteroatoms. The van der Waals surface area contributed by atoms with Crippen molar-refractivity contribution in [2.45, 2.75) is 39.0 Å². The van der Waals surface area contributed by atoms with E-state index in [2.05, 4.69) is 22.9 Å². The van der Waals surface area contributed by atoms with E-state index in [0.717, 1.165) is 25.7 Å². The van der Waals surface area contributed by atoms with Crippen LogP contribution >= 0.6 is 15.9 Å². The molecule has 1 aliphatic rings. The third-order valence-electron chi connectivity index (χ3n) is 3.39. The van der Waals surface area contributed by atoms with Crippen LogP contribution in [0, 0.1) is 11.8 Å². The van der Waals surface area contributed by atoms with Crippen LogP contribution < -0.4 is 0 Å². The second-order valence-corrected chi connectivity index (χ2v) is 5.61. The number of alkyl halides is 3. The van der Waals surface area contributed by atoms with E-state index in [9.17, 15) is 13.6 Å². The van der Waals surface area contributed by atoms with Crippen molar-refractivity contribution in [1.82, 2.24) is 4.90 Å². The summed E-state index contributed by atoms with van der Waals surface area (Å²) in [7, 11) is 0. The first-order valence-corrected chi connectivity index (χ1v) is 7.29. The highest BCUT2D eigenvalue weighted by atomic mass is 79.9. The average molecular weight is 312 g/mol. The smallest absolute Gasteiger partial charge is 0.255 e. The molecule has 1 rings (SSSR count). The van der Waals surface area contributed by atoms with Gasteiger partial charge < -0.3 is 4.90 Å². The number of hydrogen-bond donors (Lipinski definition) is 0. The summed E-state index contributed by atoms with van der Waals surface area (Å²) < 4.78 is 24.8. The Morgan fingerprint density at radius 2 is 1.94 bits per heavy atom. The highest BCUT2D eigenvalue weighted by molar-refractivity contribution is 9.09. The van der Waals surface area contributed by atoms with Gasteiger partial charge in [0.15, 0.2) is 0 Å². The number of carbonyl (C=O) groups excluding carboxylic acids is 1. The van der Waals surface area contributed by atoms with Gasteiger partial charge in [0.2, 0.25) is 5.91 Å². The molecule has 0 heterocycles. The Labute approximate surface area is 110 Å².